The molecule has 0 aliphatic heterocycles. The van der Waals surface area contributed by atoms with Crippen molar-refractivity contribution in [1.82, 2.24) is 9.97 Å². The summed E-state index contributed by atoms with van der Waals surface area (Å²) in [5.74, 6) is 0.197. The van der Waals surface area contributed by atoms with Gasteiger partial charge >= 0.3 is 6.18 Å². The Morgan fingerprint density at radius 1 is 0.897 bits per heavy atom. The molecule has 3 rings (SSSR count). The summed E-state index contributed by atoms with van der Waals surface area (Å²) in [4.78, 5) is 7.75. The van der Waals surface area contributed by atoms with Gasteiger partial charge in [-0.2, -0.15) is 13.2 Å². The molecule has 0 unspecified atom stereocenters. The summed E-state index contributed by atoms with van der Waals surface area (Å²) in [5.41, 5.74) is 0.0502. The molecule has 9 heteroatoms. The summed E-state index contributed by atoms with van der Waals surface area (Å²) in [6, 6.07) is 11.1. The van der Waals surface area contributed by atoms with E-state index in [1.54, 1.807) is 12.1 Å². The number of aromatic nitrogens is 2. The van der Waals surface area contributed by atoms with E-state index in [0.717, 1.165) is 6.07 Å². The van der Waals surface area contributed by atoms with E-state index in [2.05, 4.69) is 15.3 Å². The first-order valence-electron chi connectivity index (χ1n) is 8.47. The summed E-state index contributed by atoms with van der Waals surface area (Å²) in [5, 5.41) is 2.75. The van der Waals surface area contributed by atoms with E-state index in [4.69, 9.17) is 9.47 Å². The highest BCUT2D eigenvalue weighted by atomic mass is 19.4. The molecule has 1 heterocycles. The zero-order chi connectivity index (χ0) is 21.0. The van der Waals surface area contributed by atoms with Crippen LogP contribution in [-0.2, 0) is 12.7 Å². The van der Waals surface area contributed by atoms with Gasteiger partial charge in [-0.3, -0.25) is 0 Å². The number of rotatable bonds is 6. The third kappa shape index (κ3) is 4.92. The third-order valence-corrected chi connectivity index (χ3v) is 4.06. The lowest BCUT2D eigenvalue weighted by Crippen LogP contribution is -2.12. The van der Waals surface area contributed by atoms with E-state index in [1.807, 2.05) is 0 Å². The van der Waals surface area contributed by atoms with E-state index in [-0.39, 0.29) is 18.2 Å². The van der Waals surface area contributed by atoms with Gasteiger partial charge in [0.25, 0.3) is 0 Å². The van der Waals surface area contributed by atoms with Crippen LogP contribution in [0.3, 0.4) is 0 Å². The molecule has 5 nitrogen and oxygen atoms in total. The molecule has 0 spiro atoms. The molecule has 1 aromatic heterocycles. The van der Waals surface area contributed by atoms with E-state index < -0.39 is 17.7 Å². The summed E-state index contributed by atoms with van der Waals surface area (Å²) >= 11 is 0. The maximum absolute atomic E-state index is 13.3. The molecule has 0 saturated heterocycles. The van der Waals surface area contributed by atoms with Crippen molar-refractivity contribution in [3.63, 3.8) is 0 Å². The van der Waals surface area contributed by atoms with Gasteiger partial charge in [0.15, 0.2) is 17.2 Å². The average molecular weight is 407 g/mol. The van der Waals surface area contributed by atoms with Gasteiger partial charge < -0.3 is 14.8 Å². The van der Waals surface area contributed by atoms with Gasteiger partial charge in [-0.25, -0.2) is 14.4 Å². The summed E-state index contributed by atoms with van der Waals surface area (Å²) in [7, 11) is 2.89. The van der Waals surface area contributed by atoms with Crippen molar-refractivity contribution in [2.75, 3.05) is 19.5 Å². The van der Waals surface area contributed by atoms with Crippen LogP contribution >= 0.6 is 0 Å². The highest BCUT2D eigenvalue weighted by Gasteiger charge is 2.34. The quantitative estimate of drug-likeness (QED) is 0.587. The average Bonchev–Trinajstić information content (AvgIpc) is 2.72. The second-order valence-electron chi connectivity index (χ2n) is 6.01. The molecule has 2 aromatic carbocycles. The minimum Gasteiger partial charge on any atom is -0.493 e. The number of anilines is 1. The largest absolute Gasteiger partial charge is 0.493 e. The third-order valence-electron chi connectivity index (χ3n) is 4.06. The van der Waals surface area contributed by atoms with Crippen molar-refractivity contribution in [2.24, 2.45) is 0 Å². The molecular formula is C20H17F4N3O2. The number of benzene rings is 2. The van der Waals surface area contributed by atoms with Gasteiger partial charge in [0, 0.05) is 12.1 Å². The van der Waals surface area contributed by atoms with Crippen molar-refractivity contribution in [2.45, 2.75) is 12.7 Å². The molecule has 3 aromatic rings. The Kier molecular flexibility index (Phi) is 5.86. The van der Waals surface area contributed by atoms with Crippen LogP contribution in [0.15, 0.2) is 48.5 Å². The molecule has 29 heavy (non-hydrogen) atoms. The highest BCUT2D eigenvalue weighted by Crippen LogP contribution is 2.35. The first-order chi connectivity index (χ1) is 13.8. The summed E-state index contributed by atoms with van der Waals surface area (Å²) < 4.78 is 63.3. The van der Waals surface area contributed by atoms with Gasteiger partial charge in [0.2, 0.25) is 5.95 Å². The molecule has 0 saturated carbocycles. The van der Waals surface area contributed by atoms with Crippen molar-refractivity contribution >= 4 is 5.95 Å². The maximum atomic E-state index is 13.3. The summed E-state index contributed by atoms with van der Waals surface area (Å²) in [6.07, 6.45) is -4.65. The first-order valence-corrected chi connectivity index (χ1v) is 8.47. The number of alkyl halides is 3. The Balaban J connectivity index is 1.96. The fraction of sp³-hybridized carbons (Fsp3) is 0.200. The van der Waals surface area contributed by atoms with Crippen LogP contribution in [0.4, 0.5) is 23.5 Å². The van der Waals surface area contributed by atoms with Crippen molar-refractivity contribution in [3.05, 3.63) is 65.6 Å². The van der Waals surface area contributed by atoms with Crippen molar-refractivity contribution in [1.29, 1.82) is 0 Å². The number of halogens is 4. The van der Waals surface area contributed by atoms with Crippen LogP contribution < -0.4 is 14.8 Å². The molecule has 1 N–H and O–H groups in total. The predicted octanol–water partition coefficient (Wildman–Crippen LogP) is 4.93. The first kappa shape index (κ1) is 20.4. The molecule has 0 bridgehead atoms. The minimum absolute atomic E-state index is 0.0647. The normalized spacial score (nSPS) is 11.2. The fourth-order valence-corrected chi connectivity index (χ4v) is 2.60. The summed E-state index contributed by atoms with van der Waals surface area (Å²) in [6.45, 7) is 0.132. The lowest BCUT2D eigenvalue weighted by Gasteiger charge is -2.13. The van der Waals surface area contributed by atoms with Crippen LogP contribution in [0.25, 0.3) is 11.3 Å². The molecule has 0 aliphatic carbocycles. The molecule has 0 aliphatic rings. The van der Waals surface area contributed by atoms with E-state index in [9.17, 15) is 17.6 Å². The van der Waals surface area contributed by atoms with Gasteiger partial charge in [0.05, 0.1) is 19.9 Å². The topological polar surface area (TPSA) is 56.3 Å². The molecule has 152 valence electrons. The van der Waals surface area contributed by atoms with Gasteiger partial charge in [0.1, 0.15) is 5.82 Å². The fourth-order valence-electron chi connectivity index (χ4n) is 2.60. The number of ether oxygens (including phenoxy) is 2. The van der Waals surface area contributed by atoms with Gasteiger partial charge in [-0.15, -0.1) is 0 Å². The Labute approximate surface area is 164 Å². The van der Waals surface area contributed by atoms with Crippen LogP contribution in [0.2, 0.25) is 0 Å². The number of nitrogens with one attached hydrogen (secondary N) is 1. The number of hydrogen-bond donors (Lipinski definition) is 1. The van der Waals surface area contributed by atoms with Crippen LogP contribution in [0, 0.1) is 5.82 Å². The smallest absolute Gasteiger partial charge is 0.433 e. The standard InChI is InChI=1S/C20H17F4N3O2/c1-28-16-8-5-13(9-17(16)29-2)15-10-18(20(22,23)24)27-19(26-15)25-11-12-3-6-14(21)7-4-12/h3-10H,11H2,1-2H3,(H,25,26,27). The Bertz CT molecular complexity index is 992. The SMILES string of the molecule is COc1ccc(-c2cc(C(F)(F)F)nc(NCc3ccc(F)cc3)n2)cc1OC. The maximum Gasteiger partial charge on any atom is 0.433 e. The van der Waals surface area contributed by atoms with E-state index in [1.165, 1.54) is 44.6 Å². The Morgan fingerprint density at radius 3 is 2.21 bits per heavy atom. The molecule has 0 radical (unpaired) electrons. The molecular weight excluding hydrogens is 390 g/mol. The highest BCUT2D eigenvalue weighted by molar-refractivity contribution is 5.65. The zero-order valence-electron chi connectivity index (χ0n) is 15.5. The Morgan fingerprint density at radius 2 is 1.59 bits per heavy atom. The second kappa shape index (κ2) is 8.34. The predicted molar refractivity (Wildman–Crippen MR) is 99.3 cm³/mol. The monoisotopic (exact) mass is 407 g/mol. The zero-order valence-corrected chi connectivity index (χ0v) is 15.5. The van der Waals surface area contributed by atoms with E-state index >= 15 is 0 Å². The van der Waals surface area contributed by atoms with Crippen LogP contribution in [-0.4, -0.2) is 24.2 Å². The van der Waals surface area contributed by atoms with Gasteiger partial charge in [-0.05, 0) is 42.0 Å². The lowest BCUT2D eigenvalue weighted by atomic mass is 10.1. The second-order valence-corrected chi connectivity index (χ2v) is 6.01. The number of nitrogens with zero attached hydrogens (tertiary/aromatic N) is 2. The minimum atomic E-state index is -4.65. The molecule has 0 fully saturated rings. The van der Waals surface area contributed by atoms with E-state index in [0.29, 0.717) is 22.6 Å². The van der Waals surface area contributed by atoms with Crippen LogP contribution in [0.1, 0.15) is 11.3 Å². The lowest BCUT2D eigenvalue weighted by molar-refractivity contribution is -0.141. The molecule has 0 amide bonds. The number of methoxy groups -OCH3 is 2. The van der Waals surface area contributed by atoms with Crippen molar-refractivity contribution < 1.29 is 27.0 Å². The van der Waals surface area contributed by atoms with Crippen molar-refractivity contribution in [3.8, 4) is 22.8 Å². The van der Waals surface area contributed by atoms with Gasteiger partial charge in [-0.1, -0.05) is 12.1 Å². The Hall–Kier alpha value is -3.36. The number of hydrogen-bond acceptors (Lipinski definition) is 5. The molecule has 0 atom stereocenters. The van der Waals surface area contributed by atoms with Crippen LogP contribution in [0.5, 0.6) is 11.5 Å².